The molecule has 5 nitrogen and oxygen atoms in total. The van der Waals surface area contributed by atoms with Gasteiger partial charge in [-0.05, 0) is 68.0 Å². The molecule has 5 heteroatoms. The van der Waals surface area contributed by atoms with Gasteiger partial charge in [0.2, 0.25) is 0 Å². The number of H-pyrrole nitrogens is 1. The third kappa shape index (κ3) is 3.42. The van der Waals surface area contributed by atoms with Gasteiger partial charge in [-0.1, -0.05) is 12.1 Å². The molecule has 0 spiro atoms. The number of carbonyl (C=O) groups is 1. The zero-order valence-corrected chi connectivity index (χ0v) is 15.9. The standard InChI is InChI=1S/C22H25N3O2/c1-3-27-22(26)18-7-8-19-21(24-14-23-19)20(18)16-9-11-25(12-10-16)17-6-4-5-15(2)13-17/h4-8,13-14,16H,3,9-12H2,1-2H3,(H,23,24). The Bertz CT molecular complexity index is 955. The van der Waals surface area contributed by atoms with E-state index in [9.17, 15) is 4.79 Å². The monoisotopic (exact) mass is 363 g/mol. The molecule has 0 amide bonds. The third-order valence-electron chi connectivity index (χ3n) is 5.40. The zero-order chi connectivity index (χ0) is 18.8. The maximum atomic E-state index is 12.5. The Balaban J connectivity index is 1.62. The minimum atomic E-state index is -0.251. The lowest BCUT2D eigenvalue weighted by molar-refractivity contribution is 0.0524. The quantitative estimate of drug-likeness (QED) is 0.697. The molecular weight excluding hydrogens is 338 g/mol. The molecule has 2 aromatic carbocycles. The number of fused-ring (bicyclic) bond motifs is 1. The summed E-state index contributed by atoms with van der Waals surface area (Å²) in [4.78, 5) is 22.6. The highest BCUT2D eigenvalue weighted by Gasteiger charge is 2.28. The molecule has 0 aliphatic carbocycles. The van der Waals surface area contributed by atoms with Crippen LogP contribution in [0.5, 0.6) is 0 Å². The van der Waals surface area contributed by atoms with Crippen LogP contribution in [-0.4, -0.2) is 35.6 Å². The van der Waals surface area contributed by atoms with Gasteiger partial charge in [-0.25, -0.2) is 9.78 Å². The van der Waals surface area contributed by atoms with Crippen molar-refractivity contribution in [3.05, 3.63) is 59.4 Å². The van der Waals surface area contributed by atoms with Crippen LogP contribution in [0.3, 0.4) is 0 Å². The van der Waals surface area contributed by atoms with E-state index in [-0.39, 0.29) is 5.97 Å². The summed E-state index contributed by atoms with van der Waals surface area (Å²) >= 11 is 0. The van der Waals surface area contributed by atoms with E-state index >= 15 is 0 Å². The second-order valence-corrected chi connectivity index (χ2v) is 7.15. The van der Waals surface area contributed by atoms with Crippen LogP contribution in [0.2, 0.25) is 0 Å². The first-order valence-corrected chi connectivity index (χ1v) is 9.62. The topological polar surface area (TPSA) is 58.2 Å². The summed E-state index contributed by atoms with van der Waals surface area (Å²) in [5.74, 6) is 0.0518. The normalized spacial score (nSPS) is 15.3. The molecule has 1 aliphatic rings. The highest BCUT2D eigenvalue weighted by Crippen LogP contribution is 2.36. The predicted molar refractivity (Wildman–Crippen MR) is 107 cm³/mol. The van der Waals surface area contributed by atoms with Crippen LogP contribution >= 0.6 is 0 Å². The lowest BCUT2D eigenvalue weighted by Crippen LogP contribution is -2.33. The number of imidazole rings is 1. The van der Waals surface area contributed by atoms with Gasteiger partial charge in [0.25, 0.3) is 0 Å². The molecule has 1 aromatic heterocycles. The Hall–Kier alpha value is -2.82. The van der Waals surface area contributed by atoms with Gasteiger partial charge in [-0.15, -0.1) is 0 Å². The van der Waals surface area contributed by atoms with Gasteiger partial charge in [0.15, 0.2) is 0 Å². The van der Waals surface area contributed by atoms with Crippen molar-refractivity contribution in [3.63, 3.8) is 0 Å². The summed E-state index contributed by atoms with van der Waals surface area (Å²) in [5, 5.41) is 0. The van der Waals surface area contributed by atoms with Crippen molar-refractivity contribution in [2.45, 2.75) is 32.6 Å². The van der Waals surface area contributed by atoms with Gasteiger partial charge < -0.3 is 14.6 Å². The number of benzene rings is 2. The summed E-state index contributed by atoms with van der Waals surface area (Å²) in [6.45, 7) is 6.28. The molecule has 1 aliphatic heterocycles. The average Bonchev–Trinajstić information content (AvgIpc) is 3.16. The van der Waals surface area contributed by atoms with Crippen LogP contribution in [0.15, 0.2) is 42.7 Å². The van der Waals surface area contributed by atoms with Gasteiger partial charge in [-0.3, -0.25) is 0 Å². The number of aromatic nitrogens is 2. The fourth-order valence-corrected chi connectivity index (χ4v) is 4.08. The number of ether oxygens (including phenoxy) is 1. The van der Waals surface area contributed by atoms with Crippen molar-refractivity contribution in [1.82, 2.24) is 9.97 Å². The van der Waals surface area contributed by atoms with Crippen LogP contribution in [-0.2, 0) is 4.74 Å². The zero-order valence-electron chi connectivity index (χ0n) is 15.9. The van der Waals surface area contributed by atoms with E-state index in [2.05, 4.69) is 46.1 Å². The highest BCUT2D eigenvalue weighted by molar-refractivity contribution is 5.97. The summed E-state index contributed by atoms with van der Waals surface area (Å²) < 4.78 is 5.30. The number of anilines is 1. The predicted octanol–water partition coefficient (Wildman–Crippen LogP) is 4.43. The summed E-state index contributed by atoms with van der Waals surface area (Å²) in [6.07, 6.45) is 3.68. The molecule has 0 saturated carbocycles. The van der Waals surface area contributed by atoms with E-state index in [0.29, 0.717) is 18.1 Å². The van der Waals surface area contributed by atoms with Crippen LogP contribution in [0.25, 0.3) is 11.0 Å². The molecule has 3 aromatic rings. The van der Waals surface area contributed by atoms with E-state index in [4.69, 9.17) is 4.74 Å². The highest BCUT2D eigenvalue weighted by atomic mass is 16.5. The Morgan fingerprint density at radius 3 is 2.81 bits per heavy atom. The average molecular weight is 363 g/mol. The number of piperidine rings is 1. The Morgan fingerprint density at radius 1 is 1.26 bits per heavy atom. The molecule has 0 radical (unpaired) electrons. The van der Waals surface area contributed by atoms with Crippen LogP contribution in [0.4, 0.5) is 5.69 Å². The van der Waals surface area contributed by atoms with Crippen LogP contribution in [0, 0.1) is 6.92 Å². The van der Waals surface area contributed by atoms with Crippen molar-refractivity contribution in [2.24, 2.45) is 0 Å². The smallest absolute Gasteiger partial charge is 0.338 e. The number of esters is 1. The van der Waals surface area contributed by atoms with Crippen molar-refractivity contribution in [3.8, 4) is 0 Å². The minimum absolute atomic E-state index is 0.251. The number of hydrogen-bond acceptors (Lipinski definition) is 4. The number of rotatable bonds is 4. The number of aromatic amines is 1. The second kappa shape index (κ2) is 7.43. The lowest BCUT2D eigenvalue weighted by Gasteiger charge is -2.34. The Kier molecular flexibility index (Phi) is 4.84. The van der Waals surface area contributed by atoms with Crippen molar-refractivity contribution < 1.29 is 9.53 Å². The van der Waals surface area contributed by atoms with E-state index in [1.54, 1.807) is 6.33 Å². The largest absolute Gasteiger partial charge is 0.462 e. The first-order chi connectivity index (χ1) is 13.2. The van der Waals surface area contributed by atoms with Gasteiger partial charge in [0.1, 0.15) is 0 Å². The molecule has 1 saturated heterocycles. The van der Waals surface area contributed by atoms with Crippen LogP contribution in [0.1, 0.15) is 47.2 Å². The number of carbonyl (C=O) groups excluding carboxylic acids is 1. The number of aryl methyl sites for hydroxylation is 1. The molecule has 1 fully saturated rings. The van der Waals surface area contributed by atoms with E-state index in [1.807, 2.05) is 19.1 Å². The summed E-state index contributed by atoms with van der Waals surface area (Å²) in [5.41, 5.74) is 6.12. The van der Waals surface area contributed by atoms with Gasteiger partial charge in [0, 0.05) is 18.8 Å². The number of hydrogen-bond donors (Lipinski definition) is 1. The first-order valence-electron chi connectivity index (χ1n) is 9.62. The van der Waals surface area contributed by atoms with Crippen molar-refractivity contribution in [1.29, 1.82) is 0 Å². The van der Waals surface area contributed by atoms with Crippen molar-refractivity contribution >= 4 is 22.7 Å². The maximum Gasteiger partial charge on any atom is 0.338 e. The summed E-state index contributed by atoms with van der Waals surface area (Å²) in [7, 11) is 0. The Labute approximate surface area is 159 Å². The molecule has 140 valence electrons. The maximum absolute atomic E-state index is 12.5. The molecule has 0 unspecified atom stereocenters. The van der Waals surface area contributed by atoms with Crippen LogP contribution < -0.4 is 4.90 Å². The summed E-state index contributed by atoms with van der Waals surface area (Å²) in [6, 6.07) is 12.4. The minimum Gasteiger partial charge on any atom is -0.462 e. The first kappa shape index (κ1) is 17.6. The number of nitrogens with zero attached hydrogens (tertiary/aromatic N) is 2. The molecule has 27 heavy (non-hydrogen) atoms. The molecule has 1 N–H and O–H groups in total. The Morgan fingerprint density at radius 2 is 2.07 bits per heavy atom. The van der Waals surface area contributed by atoms with Gasteiger partial charge in [0.05, 0.1) is 29.5 Å². The molecule has 0 bridgehead atoms. The third-order valence-corrected chi connectivity index (χ3v) is 5.40. The fraction of sp³-hybridized carbons (Fsp3) is 0.364. The van der Waals surface area contributed by atoms with E-state index in [1.165, 1.54) is 11.3 Å². The number of nitrogens with one attached hydrogen (secondary N) is 1. The molecule has 4 rings (SSSR count). The molecule has 0 atom stereocenters. The fourth-order valence-electron chi connectivity index (χ4n) is 4.08. The molecule has 2 heterocycles. The SMILES string of the molecule is CCOC(=O)c1ccc2[nH]cnc2c1C1CCN(c2cccc(C)c2)CC1. The van der Waals surface area contributed by atoms with E-state index < -0.39 is 0 Å². The van der Waals surface area contributed by atoms with Gasteiger partial charge >= 0.3 is 5.97 Å². The van der Waals surface area contributed by atoms with Crippen molar-refractivity contribution in [2.75, 3.05) is 24.6 Å². The van der Waals surface area contributed by atoms with E-state index in [0.717, 1.165) is 42.5 Å². The lowest BCUT2D eigenvalue weighted by atomic mass is 9.85. The molecular formula is C22H25N3O2. The second-order valence-electron chi connectivity index (χ2n) is 7.15. The van der Waals surface area contributed by atoms with Gasteiger partial charge in [-0.2, -0.15) is 0 Å².